The Morgan fingerprint density at radius 3 is 2.44 bits per heavy atom. The van der Waals surface area contributed by atoms with Crippen molar-refractivity contribution >= 4 is 0 Å². The molecule has 0 aliphatic carbocycles. The molecule has 0 aromatic carbocycles. The van der Waals surface area contributed by atoms with Gasteiger partial charge in [0.25, 0.3) is 0 Å². The largest absolute Gasteiger partial charge is 0.385 e. The molecule has 0 rings (SSSR count). The Hall–Kier alpha value is -0.120. The van der Waals surface area contributed by atoms with Crippen LogP contribution in [0.5, 0.6) is 0 Å². The second kappa shape index (κ2) is 11.4. The molecular formula is C13H29NO2. The van der Waals surface area contributed by atoms with Crippen molar-refractivity contribution in [1.29, 1.82) is 0 Å². The lowest BCUT2D eigenvalue weighted by Gasteiger charge is -2.27. The first-order valence-corrected chi connectivity index (χ1v) is 6.63. The second-order valence-electron chi connectivity index (χ2n) is 4.10. The van der Waals surface area contributed by atoms with E-state index in [0.717, 1.165) is 39.0 Å². The van der Waals surface area contributed by atoms with Crippen LogP contribution in [-0.2, 0) is 9.47 Å². The average molecular weight is 231 g/mol. The van der Waals surface area contributed by atoms with Gasteiger partial charge in [-0.15, -0.1) is 0 Å². The lowest BCUT2D eigenvalue weighted by atomic mass is 10.0. The van der Waals surface area contributed by atoms with Crippen LogP contribution in [0, 0.1) is 0 Å². The van der Waals surface area contributed by atoms with Crippen LogP contribution in [0.1, 0.15) is 46.5 Å². The third-order valence-corrected chi connectivity index (χ3v) is 2.75. The van der Waals surface area contributed by atoms with Crippen LogP contribution in [0.4, 0.5) is 0 Å². The molecule has 3 nitrogen and oxygen atoms in total. The number of rotatable bonds is 11. The summed E-state index contributed by atoms with van der Waals surface area (Å²) in [6, 6.07) is 0.472. The molecule has 0 bridgehead atoms. The Morgan fingerprint density at radius 2 is 1.94 bits per heavy atom. The van der Waals surface area contributed by atoms with E-state index in [-0.39, 0.29) is 0 Å². The smallest absolute Gasteiger partial charge is 0.0725 e. The van der Waals surface area contributed by atoms with E-state index >= 15 is 0 Å². The molecule has 0 aromatic rings. The highest BCUT2D eigenvalue weighted by molar-refractivity contribution is 4.76. The van der Waals surface area contributed by atoms with Gasteiger partial charge < -0.3 is 14.8 Å². The fourth-order valence-electron chi connectivity index (χ4n) is 1.93. The summed E-state index contributed by atoms with van der Waals surface area (Å²) in [5, 5.41) is 3.58. The summed E-state index contributed by atoms with van der Waals surface area (Å²) >= 11 is 0. The minimum absolute atomic E-state index is 0.341. The van der Waals surface area contributed by atoms with Gasteiger partial charge in [-0.2, -0.15) is 0 Å². The van der Waals surface area contributed by atoms with Crippen molar-refractivity contribution in [3.63, 3.8) is 0 Å². The van der Waals surface area contributed by atoms with Crippen molar-refractivity contribution in [1.82, 2.24) is 5.32 Å². The van der Waals surface area contributed by atoms with E-state index in [1.54, 1.807) is 7.11 Å². The maximum Gasteiger partial charge on any atom is 0.0725 e. The van der Waals surface area contributed by atoms with Gasteiger partial charge in [-0.25, -0.2) is 0 Å². The number of methoxy groups -OCH3 is 1. The molecule has 0 aliphatic rings. The number of hydrogen-bond donors (Lipinski definition) is 1. The number of nitrogens with one attached hydrogen (secondary N) is 1. The lowest BCUT2D eigenvalue weighted by molar-refractivity contribution is 0.0273. The maximum absolute atomic E-state index is 5.78. The molecule has 0 spiro atoms. The van der Waals surface area contributed by atoms with Crippen LogP contribution < -0.4 is 5.32 Å². The van der Waals surface area contributed by atoms with Crippen LogP contribution >= 0.6 is 0 Å². The number of ether oxygens (including phenoxy) is 2. The summed E-state index contributed by atoms with van der Waals surface area (Å²) in [7, 11) is 1.76. The topological polar surface area (TPSA) is 30.5 Å². The van der Waals surface area contributed by atoms with Gasteiger partial charge in [0.05, 0.1) is 6.10 Å². The molecule has 2 unspecified atom stereocenters. The fraction of sp³-hybridized carbons (Fsp3) is 1.00. The maximum atomic E-state index is 5.78. The molecule has 0 heterocycles. The van der Waals surface area contributed by atoms with Crippen LogP contribution in [0.3, 0.4) is 0 Å². The van der Waals surface area contributed by atoms with E-state index in [9.17, 15) is 0 Å². The molecule has 0 saturated carbocycles. The molecule has 0 saturated heterocycles. The number of hydrogen-bond acceptors (Lipinski definition) is 3. The second-order valence-corrected chi connectivity index (χ2v) is 4.10. The van der Waals surface area contributed by atoms with Crippen LogP contribution in [0.15, 0.2) is 0 Å². The first kappa shape index (κ1) is 15.9. The molecule has 0 fully saturated rings. The van der Waals surface area contributed by atoms with Crippen molar-refractivity contribution in [2.24, 2.45) is 0 Å². The molecule has 0 aliphatic heterocycles. The molecule has 2 atom stereocenters. The Morgan fingerprint density at radius 1 is 1.19 bits per heavy atom. The molecule has 1 N–H and O–H groups in total. The van der Waals surface area contributed by atoms with E-state index in [2.05, 4.69) is 26.1 Å². The summed E-state index contributed by atoms with van der Waals surface area (Å²) < 4.78 is 10.9. The Kier molecular flexibility index (Phi) is 11.3. The van der Waals surface area contributed by atoms with Gasteiger partial charge in [0.15, 0.2) is 0 Å². The predicted octanol–water partition coefficient (Wildman–Crippen LogP) is 2.60. The van der Waals surface area contributed by atoms with Crippen molar-refractivity contribution in [2.45, 2.75) is 58.6 Å². The summed E-state index contributed by atoms with van der Waals surface area (Å²) in [6.45, 7) is 9.16. The molecule has 0 amide bonds. The molecule has 0 radical (unpaired) electrons. The zero-order chi connectivity index (χ0) is 12.2. The third kappa shape index (κ3) is 7.20. The zero-order valence-corrected chi connectivity index (χ0v) is 11.4. The first-order valence-electron chi connectivity index (χ1n) is 6.63. The van der Waals surface area contributed by atoms with Crippen molar-refractivity contribution < 1.29 is 9.47 Å². The monoisotopic (exact) mass is 231 g/mol. The Labute approximate surface area is 101 Å². The SMILES string of the molecule is CCCNC(CCCOC)C(CC)OCC. The molecule has 16 heavy (non-hydrogen) atoms. The van der Waals surface area contributed by atoms with Gasteiger partial charge in [0.2, 0.25) is 0 Å². The molecule has 98 valence electrons. The average Bonchev–Trinajstić information content (AvgIpc) is 2.31. The van der Waals surface area contributed by atoms with Crippen LogP contribution in [0.2, 0.25) is 0 Å². The van der Waals surface area contributed by atoms with Crippen LogP contribution in [0.25, 0.3) is 0 Å². The Bertz CT molecular complexity index is 142. The lowest BCUT2D eigenvalue weighted by Crippen LogP contribution is -2.41. The summed E-state index contributed by atoms with van der Waals surface area (Å²) in [5.74, 6) is 0. The van der Waals surface area contributed by atoms with Crippen molar-refractivity contribution in [3.8, 4) is 0 Å². The molecule has 0 aromatic heterocycles. The van der Waals surface area contributed by atoms with E-state index in [0.29, 0.717) is 12.1 Å². The van der Waals surface area contributed by atoms with Crippen molar-refractivity contribution in [2.75, 3.05) is 26.9 Å². The standard InChI is InChI=1S/C13H29NO2/c1-5-10-14-12(9-8-11-15-4)13(6-2)16-7-3/h12-14H,5-11H2,1-4H3. The normalized spacial score (nSPS) is 15.0. The predicted molar refractivity (Wildman–Crippen MR) is 68.9 cm³/mol. The quantitative estimate of drug-likeness (QED) is 0.554. The van der Waals surface area contributed by atoms with Crippen LogP contribution in [-0.4, -0.2) is 39.0 Å². The van der Waals surface area contributed by atoms with Gasteiger partial charge in [-0.3, -0.25) is 0 Å². The minimum Gasteiger partial charge on any atom is -0.385 e. The van der Waals surface area contributed by atoms with Crippen molar-refractivity contribution in [3.05, 3.63) is 0 Å². The highest BCUT2D eigenvalue weighted by Gasteiger charge is 2.18. The summed E-state index contributed by atoms with van der Waals surface area (Å²) in [6.07, 6.45) is 4.81. The summed E-state index contributed by atoms with van der Waals surface area (Å²) in [4.78, 5) is 0. The van der Waals surface area contributed by atoms with E-state index < -0.39 is 0 Å². The van der Waals surface area contributed by atoms with Gasteiger partial charge in [-0.05, 0) is 39.2 Å². The fourth-order valence-corrected chi connectivity index (χ4v) is 1.93. The zero-order valence-electron chi connectivity index (χ0n) is 11.4. The third-order valence-electron chi connectivity index (χ3n) is 2.75. The first-order chi connectivity index (χ1) is 7.79. The van der Waals surface area contributed by atoms with Gasteiger partial charge in [0, 0.05) is 26.4 Å². The van der Waals surface area contributed by atoms with Gasteiger partial charge >= 0.3 is 0 Å². The highest BCUT2D eigenvalue weighted by atomic mass is 16.5. The molecular weight excluding hydrogens is 202 g/mol. The molecule has 3 heteroatoms. The minimum atomic E-state index is 0.341. The highest BCUT2D eigenvalue weighted by Crippen LogP contribution is 2.10. The van der Waals surface area contributed by atoms with E-state index in [1.807, 2.05) is 0 Å². The van der Waals surface area contributed by atoms with E-state index in [1.165, 1.54) is 6.42 Å². The van der Waals surface area contributed by atoms with E-state index in [4.69, 9.17) is 9.47 Å². The van der Waals surface area contributed by atoms with Gasteiger partial charge in [-0.1, -0.05) is 13.8 Å². The summed E-state index contributed by atoms with van der Waals surface area (Å²) in [5.41, 5.74) is 0. The Balaban J connectivity index is 4.02. The van der Waals surface area contributed by atoms with Gasteiger partial charge in [0.1, 0.15) is 0 Å².